The SMILES string of the molecule is CC(C)C(NC(=O)c1ccc2c(c1)OCO2)C(=O)NN=Cc1cccc(O)c1. The molecule has 8 nitrogen and oxygen atoms in total. The summed E-state index contributed by atoms with van der Waals surface area (Å²) in [4.78, 5) is 25.0. The van der Waals surface area contributed by atoms with E-state index in [1.807, 2.05) is 13.8 Å². The van der Waals surface area contributed by atoms with Crippen molar-refractivity contribution in [3.8, 4) is 17.2 Å². The number of nitrogens with zero attached hydrogens (tertiary/aromatic N) is 1. The Morgan fingerprint density at radius 3 is 2.68 bits per heavy atom. The lowest BCUT2D eigenvalue weighted by Gasteiger charge is -2.20. The molecule has 0 spiro atoms. The molecule has 2 aromatic carbocycles. The first kappa shape index (κ1) is 19.2. The Hall–Kier alpha value is -3.55. The highest BCUT2D eigenvalue weighted by Gasteiger charge is 2.25. The van der Waals surface area contributed by atoms with Crippen molar-refractivity contribution in [2.75, 3.05) is 6.79 Å². The minimum atomic E-state index is -0.778. The van der Waals surface area contributed by atoms with Gasteiger partial charge in [0.1, 0.15) is 11.8 Å². The fourth-order valence-corrected chi connectivity index (χ4v) is 2.64. The number of carbonyl (C=O) groups is 2. The number of benzene rings is 2. The highest BCUT2D eigenvalue weighted by atomic mass is 16.7. The molecule has 1 aliphatic heterocycles. The van der Waals surface area contributed by atoms with Gasteiger partial charge in [0.15, 0.2) is 11.5 Å². The average molecular weight is 383 g/mol. The summed E-state index contributed by atoms with van der Waals surface area (Å²) < 4.78 is 10.5. The minimum absolute atomic E-state index is 0.103. The first-order valence-electron chi connectivity index (χ1n) is 8.76. The molecule has 1 atom stereocenters. The molecule has 1 heterocycles. The van der Waals surface area contributed by atoms with Gasteiger partial charge in [0.2, 0.25) is 6.79 Å². The highest BCUT2D eigenvalue weighted by molar-refractivity contribution is 5.98. The van der Waals surface area contributed by atoms with E-state index in [0.717, 1.165) is 0 Å². The van der Waals surface area contributed by atoms with E-state index < -0.39 is 17.9 Å². The molecule has 0 aliphatic carbocycles. The summed E-state index contributed by atoms with van der Waals surface area (Å²) in [7, 11) is 0. The Bertz CT molecular complexity index is 910. The van der Waals surface area contributed by atoms with Gasteiger partial charge in [0.05, 0.1) is 6.21 Å². The molecule has 0 radical (unpaired) electrons. The topological polar surface area (TPSA) is 109 Å². The second kappa shape index (κ2) is 8.43. The number of rotatable bonds is 6. The maximum atomic E-state index is 12.5. The van der Waals surface area contributed by atoms with Gasteiger partial charge in [-0.1, -0.05) is 26.0 Å². The Labute approximate surface area is 162 Å². The minimum Gasteiger partial charge on any atom is -0.508 e. The fourth-order valence-electron chi connectivity index (χ4n) is 2.64. The molecule has 2 amide bonds. The fraction of sp³-hybridized carbons (Fsp3) is 0.250. The van der Waals surface area contributed by atoms with E-state index in [1.165, 1.54) is 18.3 Å². The first-order chi connectivity index (χ1) is 13.4. The van der Waals surface area contributed by atoms with Gasteiger partial charge in [-0.25, -0.2) is 5.43 Å². The third-order valence-electron chi connectivity index (χ3n) is 4.13. The van der Waals surface area contributed by atoms with E-state index in [-0.39, 0.29) is 18.5 Å². The summed E-state index contributed by atoms with van der Waals surface area (Å²) in [6.45, 7) is 3.76. The second-order valence-electron chi connectivity index (χ2n) is 6.59. The van der Waals surface area contributed by atoms with Gasteiger partial charge in [0.25, 0.3) is 11.8 Å². The van der Waals surface area contributed by atoms with Crippen molar-refractivity contribution in [2.24, 2.45) is 11.0 Å². The standard InChI is InChI=1S/C20H21N3O5/c1-12(2)18(20(26)23-21-10-13-4-3-5-15(24)8-13)22-19(25)14-6-7-16-17(9-14)28-11-27-16/h3-10,12,18,24H,11H2,1-2H3,(H,22,25)(H,23,26). The molecule has 0 bridgehead atoms. The molecule has 146 valence electrons. The molecule has 0 saturated carbocycles. The first-order valence-corrected chi connectivity index (χ1v) is 8.76. The van der Waals surface area contributed by atoms with Crippen LogP contribution in [0.2, 0.25) is 0 Å². The van der Waals surface area contributed by atoms with Crippen molar-refractivity contribution >= 4 is 18.0 Å². The van der Waals surface area contributed by atoms with E-state index in [1.54, 1.807) is 30.3 Å². The molecule has 0 fully saturated rings. The van der Waals surface area contributed by atoms with Crippen LogP contribution in [-0.4, -0.2) is 36.0 Å². The van der Waals surface area contributed by atoms with Crippen LogP contribution in [0.3, 0.4) is 0 Å². The highest BCUT2D eigenvalue weighted by Crippen LogP contribution is 2.32. The number of nitrogens with one attached hydrogen (secondary N) is 2. The van der Waals surface area contributed by atoms with Gasteiger partial charge < -0.3 is 19.9 Å². The maximum absolute atomic E-state index is 12.5. The lowest BCUT2D eigenvalue weighted by molar-refractivity contribution is -0.123. The van der Waals surface area contributed by atoms with Gasteiger partial charge >= 0.3 is 0 Å². The molecule has 8 heteroatoms. The summed E-state index contributed by atoms with van der Waals surface area (Å²) in [5, 5.41) is 16.0. The number of fused-ring (bicyclic) bond motifs is 1. The Morgan fingerprint density at radius 1 is 1.14 bits per heavy atom. The van der Waals surface area contributed by atoms with E-state index >= 15 is 0 Å². The van der Waals surface area contributed by atoms with Gasteiger partial charge in [-0.3, -0.25) is 9.59 Å². The molecule has 3 N–H and O–H groups in total. The summed E-state index contributed by atoms with van der Waals surface area (Å²) >= 11 is 0. The van der Waals surface area contributed by atoms with E-state index in [2.05, 4.69) is 15.8 Å². The third-order valence-corrected chi connectivity index (χ3v) is 4.13. The second-order valence-corrected chi connectivity index (χ2v) is 6.59. The largest absolute Gasteiger partial charge is 0.508 e. The van der Waals surface area contributed by atoms with Crippen LogP contribution in [0.4, 0.5) is 0 Å². The van der Waals surface area contributed by atoms with Gasteiger partial charge in [-0.15, -0.1) is 0 Å². The number of carbonyl (C=O) groups excluding carboxylic acids is 2. The lowest BCUT2D eigenvalue weighted by Crippen LogP contribution is -2.48. The summed E-state index contributed by atoms with van der Waals surface area (Å²) in [5.74, 6) is 0.176. The number of ether oxygens (including phenoxy) is 2. The number of hydrogen-bond acceptors (Lipinski definition) is 6. The zero-order valence-corrected chi connectivity index (χ0v) is 15.5. The lowest BCUT2D eigenvalue weighted by atomic mass is 10.0. The number of phenols is 1. The molecule has 1 unspecified atom stereocenters. The van der Waals surface area contributed by atoms with Crippen LogP contribution >= 0.6 is 0 Å². The molecule has 1 aliphatic rings. The average Bonchev–Trinajstić information content (AvgIpc) is 3.13. The van der Waals surface area contributed by atoms with Crippen molar-refractivity contribution in [1.82, 2.24) is 10.7 Å². The van der Waals surface area contributed by atoms with E-state index in [4.69, 9.17) is 9.47 Å². The molecule has 28 heavy (non-hydrogen) atoms. The number of aromatic hydroxyl groups is 1. The number of hydrazone groups is 1. The molecule has 0 saturated heterocycles. The molecule has 2 aromatic rings. The van der Waals surface area contributed by atoms with Crippen LogP contribution < -0.4 is 20.2 Å². The number of hydrogen-bond donors (Lipinski definition) is 3. The van der Waals surface area contributed by atoms with E-state index in [0.29, 0.717) is 22.6 Å². The molecule has 0 aromatic heterocycles. The Kier molecular flexibility index (Phi) is 5.78. The molecular formula is C20H21N3O5. The van der Waals surface area contributed by atoms with Gasteiger partial charge in [-0.2, -0.15) is 5.10 Å². The maximum Gasteiger partial charge on any atom is 0.262 e. The third kappa shape index (κ3) is 4.59. The summed E-state index contributed by atoms with van der Waals surface area (Å²) in [6, 6.07) is 10.5. The molecule has 3 rings (SSSR count). The van der Waals surface area contributed by atoms with Crippen molar-refractivity contribution in [1.29, 1.82) is 0 Å². The van der Waals surface area contributed by atoms with Crippen LogP contribution in [0.25, 0.3) is 0 Å². The predicted octanol–water partition coefficient (Wildman–Crippen LogP) is 2.03. The smallest absolute Gasteiger partial charge is 0.262 e. The van der Waals surface area contributed by atoms with Crippen LogP contribution in [0, 0.1) is 5.92 Å². The van der Waals surface area contributed by atoms with Crippen LogP contribution in [0.15, 0.2) is 47.6 Å². The zero-order chi connectivity index (χ0) is 20.1. The van der Waals surface area contributed by atoms with Gasteiger partial charge in [0, 0.05) is 5.56 Å². The van der Waals surface area contributed by atoms with Crippen LogP contribution in [0.5, 0.6) is 17.2 Å². The van der Waals surface area contributed by atoms with E-state index in [9.17, 15) is 14.7 Å². The zero-order valence-electron chi connectivity index (χ0n) is 15.5. The molecular weight excluding hydrogens is 362 g/mol. The van der Waals surface area contributed by atoms with Crippen LogP contribution in [-0.2, 0) is 4.79 Å². The number of amides is 2. The quantitative estimate of drug-likeness (QED) is 0.522. The van der Waals surface area contributed by atoms with Gasteiger partial charge in [-0.05, 0) is 41.8 Å². The van der Waals surface area contributed by atoms with Crippen molar-refractivity contribution in [3.05, 3.63) is 53.6 Å². The van der Waals surface area contributed by atoms with Crippen molar-refractivity contribution in [3.63, 3.8) is 0 Å². The monoisotopic (exact) mass is 383 g/mol. The van der Waals surface area contributed by atoms with Crippen molar-refractivity contribution < 1.29 is 24.2 Å². The predicted molar refractivity (Wildman–Crippen MR) is 103 cm³/mol. The summed E-state index contributed by atoms with van der Waals surface area (Å²) in [6.07, 6.45) is 1.41. The number of phenolic OH excluding ortho intramolecular Hbond substituents is 1. The Balaban J connectivity index is 1.63. The normalized spacial score (nSPS) is 13.5. The van der Waals surface area contributed by atoms with Crippen LogP contribution in [0.1, 0.15) is 29.8 Å². The summed E-state index contributed by atoms with van der Waals surface area (Å²) in [5.41, 5.74) is 3.42. The Morgan fingerprint density at radius 2 is 1.93 bits per heavy atom. The van der Waals surface area contributed by atoms with Crippen molar-refractivity contribution in [2.45, 2.75) is 19.9 Å².